The normalized spacial score (nSPS) is 13.2. The molecule has 0 aromatic heterocycles. The predicted molar refractivity (Wildman–Crippen MR) is 104 cm³/mol. The molecule has 26 heavy (non-hydrogen) atoms. The molecule has 2 N–H and O–H groups in total. The van der Waals surface area contributed by atoms with E-state index in [2.05, 4.69) is 10.0 Å². The number of carbonyl (C=O) groups excluding carboxylic acids is 1. The minimum atomic E-state index is -3.60. The molecular formula is C20H26N2O3S. The minimum absolute atomic E-state index is 0.140. The van der Waals surface area contributed by atoms with Gasteiger partial charge in [-0.25, -0.2) is 13.1 Å². The van der Waals surface area contributed by atoms with Crippen LogP contribution < -0.4 is 10.0 Å². The second kappa shape index (κ2) is 8.01. The molecule has 0 aliphatic rings. The van der Waals surface area contributed by atoms with Gasteiger partial charge in [-0.2, -0.15) is 0 Å². The number of amides is 1. The highest BCUT2D eigenvalue weighted by Crippen LogP contribution is 2.15. The number of rotatable bonds is 6. The van der Waals surface area contributed by atoms with Crippen molar-refractivity contribution in [2.45, 2.75) is 44.0 Å². The maximum absolute atomic E-state index is 12.3. The lowest BCUT2D eigenvalue weighted by Gasteiger charge is -2.20. The molecule has 5 nitrogen and oxygen atoms in total. The van der Waals surface area contributed by atoms with E-state index in [0.29, 0.717) is 12.1 Å². The van der Waals surface area contributed by atoms with Gasteiger partial charge in [0.1, 0.15) is 0 Å². The molecule has 0 saturated carbocycles. The number of nitrogens with one attached hydrogen (secondary N) is 2. The Balaban J connectivity index is 2.00. The smallest absolute Gasteiger partial charge is 0.251 e. The monoisotopic (exact) mass is 374 g/mol. The van der Waals surface area contributed by atoms with Crippen LogP contribution in [-0.4, -0.2) is 26.4 Å². The van der Waals surface area contributed by atoms with Crippen LogP contribution in [0.5, 0.6) is 0 Å². The summed E-state index contributed by atoms with van der Waals surface area (Å²) in [5, 5.41) is 2.89. The van der Waals surface area contributed by atoms with E-state index in [1.165, 1.54) is 24.3 Å². The molecule has 0 spiro atoms. The van der Waals surface area contributed by atoms with Gasteiger partial charge in [0.2, 0.25) is 10.0 Å². The summed E-state index contributed by atoms with van der Waals surface area (Å²) >= 11 is 0. The van der Waals surface area contributed by atoms with E-state index in [-0.39, 0.29) is 16.7 Å². The lowest BCUT2D eigenvalue weighted by atomic mass is 10.0. The van der Waals surface area contributed by atoms with Crippen molar-refractivity contribution in [3.05, 3.63) is 65.7 Å². The molecule has 1 atom stereocenters. The van der Waals surface area contributed by atoms with Crippen molar-refractivity contribution >= 4 is 15.9 Å². The molecule has 0 unspecified atom stereocenters. The number of hydrogen-bond acceptors (Lipinski definition) is 3. The Hall–Kier alpha value is -2.18. The van der Waals surface area contributed by atoms with E-state index in [0.717, 1.165) is 5.56 Å². The zero-order valence-electron chi connectivity index (χ0n) is 15.6. The number of hydrogen-bond donors (Lipinski definition) is 2. The lowest BCUT2D eigenvalue weighted by Crippen LogP contribution is -2.40. The maximum Gasteiger partial charge on any atom is 0.251 e. The van der Waals surface area contributed by atoms with Gasteiger partial charge in [0.05, 0.1) is 4.90 Å². The first-order valence-corrected chi connectivity index (χ1v) is 10.0. The third-order valence-corrected chi connectivity index (χ3v) is 5.58. The van der Waals surface area contributed by atoms with Crippen molar-refractivity contribution in [3.8, 4) is 0 Å². The first-order valence-electron chi connectivity index (χ1n) is 8.56. The van der Waals surface area contributed by atoms with Gasteiger partial charge in [-0.3, -0.25) is 4.79 Å². The summed E-state index contributed by atoms with van der Waals surface area (Å²) in [4.78, 5) is 12.4. The Kier molecular flexibility index (Phi) is 6.21. The fourth-order valence-electron chi connectivity index (χ4n) is 2.49. The molecule has 0 heterocycles. The first-order chi connectivity index (χ1) is 12.1. The van der Waals surface area contributed by atoms with Crippen molar-refractivity contribution in [3.63, 3.8) is 0 Å². The van der Waals surface area contributed by atoms with Crippen LogP contribution in [0.15, 0.2) is 59.5 Å². The quantitative estimate of drug-likeness (QED) is 0.815. The van der Waals surface area contributed by atoms with Crippen LogP contribution in [0, 0.1) is 0 Å². The van der Waals surface area contributed by atoms with E-state index in [9.17, 15) is 13.2 Å². The van der Waals surface area contributed by atoms with E-state index < -0.39 is 15.6 Å². The van der Waals surface area contributed by atoms with E-state index in [1.807, 2.05) is 37.3 Å². The van der Waals surface area contributed by atoms with Gasteiger partial charge in [0.25, 0.3) is 5.91 Å². The fourth-order valence-corrected chi connectivity index (χ4v) is 3.91. The van der Waals surface area contributed by atoms with Crippen LogP contribution in [0.2, 0.25) is 0 Å². The highest BCUT2D eigenvalue weighted by atomic mass is 32.2. The summed E-state index contributed by atoms with van der Waals surface area (Å²) in [6, 6.07) is 15.9. The van der Waals surface area contributed by atoms with Crippen molar-refractivity contribution in [1.82, 2.24) is 10.0 Å². The van der Waals surface area contributed by atoms with Crippen LogP contribution in [-0.2, 0) is 10.0 Å². The van der Waals surface area contributed by atoms with Crippen LogP contribution in [0.1, 0.15) is 49.5 Å². The van der Waals surface area contributed by atoms with E-state index in [1.54, 1.807) is 20.8 Å². The Labute approximate surface area is 155 Å². The second-order valence-electron chi connectivity index (χ2n) is 7.40. The standard InChI is InChI=1S/C20H26N2O3S/c1-15(16-8-6-5-7-9-16)14-21-19(23)17-10-12-18(13-11-17)26(24,25)22-20(2,3)4/h5-13,15,22H,14H2,1-4H3,(H,21,23)/t15-/m1/s1. The summed E-state index contributed by atoms with van der Waals surface area (Å²) in [6.07, 6.45) is 0. The van der Waals surface area contributed by atoms with Gasteiger partial charge in [-0.15, -0.1) is 0 Å². The van der Waals surface area contributed by atoms with E-state index in [4.69, 9.17) is 0 Å². The Morgan fingerprint density at radius 2 is 1.58 bits per heavy atom. The molecule has 140 valence electrons. The van der Waals surface area contributed by atoms with Crippen LogP contribution in [0.3, 0.4) is 0 Å². The largest absolute Gasteiger partial charge is 0.351 e. The maximum atomic E-state index is 12.3. The SMILES string of the molecule is C[C@H](CNC(=O)c1ccc(S(=O)(=O)NC(C)(C)C)cc1)c1ccccc1. The van der Waals surface area contributed by atoms with Gasteiger partial charge in [-0.05, 0) is 56.5 Å². The lowest BCUT2D eigenvalue weighted by molar-refractivity contribution is 0.0951. The van der Waals surface area contributed by atoms with Crippen molar-refractivity contribution in [2.24, 2.45) is 0 Å². The van der Waals surface area contributed by atoms with E-state index >= 15 is 0 Å². The second-order valence-corrected chi connectivity index (χ2v) is 9.08. The van der Waals surface area contributed by atoms with Crippen molar-refractivity contribution < 1.29 is 13.2 Å². The topological polar surface area (TPSA) is 75.3 Å². The van der Waals surface area contributed by atoms with Gasteiger partial charge >= 0.3 is 0 Å². The molecule has 2 rings (SSSR count). The highest BCUT2D eigenvalue weighted by Gasteiger charge is 2.22. The molecule has 0 aliphatic heterocycles. The molecule has 0 radical (unpaired) electrons. The van der Waals surface area contributed by atoms with Gasteiger partial charge < -0.3 is 5.32 Å². The molecule has 6 heteroatoms. The Morgan fingerprint density at radius 3 is 2.12 bits per heavy atom. The van der Waals surface area contributed by atoms with Gasteiger partial charge in [-0.1, -0.05) is 37.3 Å². The van der Waals surface area contributed by atoms with Crippen LogP contribution >= 0.6 is 0 Å². The molecule has 0 aliphatic carbocycles. The first kappa shape index (κ1) is 20.1. The average molecular weight is 375 g/mol. The zero-order chi connectivity index (χ0) is 19.4. The minimum Gasteiger partial charge on any atom is -0.351 e. The van der Waals surface area contributed by atoms with Crippen molar-refractivity contribution in [1.29, 1.82) is 0 Å². The number of sulfonamides is 1. The fraction of sp³-hybridized carbons (Fsp3) is 0.350. The molecule has 2 aromatic rings. The summed E-state index contributed by atoms with van der Waals surface area (Å²) in [5.41, 5.74) is 1.02. The summed E-state index contributed by atoms with van der Waals surface area (Å²) in [6.45, 7) is 7.89. The van der Waals surface area contributed by atoms with Gasteiger partial charge in [0, 0.05) is 17.6 Å². The molecular weight excluding hydrogens is 348 g/mol. The Morgan fingerprint density at radius 1 is 1.00 bits per heavy atom. The third kappa shape index (κ3) is 5.68. The summed E-state index contributed by atoms with van der Waals surface area (Å²) < 4.78 is 27.2. The van der Waals surface area contributed by atoms with Gasteiger partial charge in [0.15, 0.2) is 0 Å². The zero-order valence-corrected chi connectivity index (χ0v) is 16.4. The Bertz CT molecular complexity index is 839. The molecule has 0 fully saturated rings. The number of carbonyl (C=O) groups is 1. The average Bonchev–Trinajstić information content (AvgIpc) is 2.58. The summed E-state index contributed by atoms with van der Waals surface area (Å²) in [5.74, 6) is -0.0312. The number of benzene rings is 2. The molecule has 1 amide bonds. The summed E-state index contributed by atoms with van der Waals surface area (Å²) in [7, 11) is -3.60. The predicted octanol–water partition coefficient (Wildman–Crippen LogP) is 3.30. The molecule has 0 bridgehead atoms. The molecule has 0 saturated heterocycles. The van der Waals surface area contributed by atoms with Crippen molar-refractivity contribution in [2.75, 3.05) is 6.54 Å². The highest BCUT2D eigenvalue weighted by molar-refractivity contribution is 7.89. The van der Waals surface area contributed by atoms with Crippen LogP contribution in [0.25, 0.3) is 0 Å². The molecule has 2 aromatic carbocycles. The van der Waals surface area contributed by atoms with Crippen LogP contribution in [0.4, 0.5) is 0 Å². The third-order valence-electron chi connectivity index (χ3n) is 3.80.